The van der Waals surface area contributed by atoms with Gasteiger partial charge < -0.3 is 10.1 Å². The van der Waals surface area contributed by atoms with Gasteiger partial charge in [0.15, 0.2) is 0 Å². The standard InChI is InChI=1S/C18H18N2O2S2/c1-22-14-6-4-13(5-7-14)16-12-24-18(20-16)8-9-19-17(21)11-15-3-2-10-23-15/h2-7,10,12H,8-9,11H2,1H3,(H,19,21). The summed E-state index contributed by atoms with van der Waals surface area (Å²) < 4.78 is 5.17. The van der Waals surface area contributed by atoms with E-state index in [1.54, 1.807) is 29.8 Å². The van der Waals surface area contributed by atoms with E-state index in [-0.39, 0.29) is 5.91 Å². The molecule has 1 aromatic carbocycles. The van der Waals surface area contributed by atoms with E-state index in [9.17, 15) is 4.79 Å². The van der Waals surface area contributed by atoms with E-state index in [1.807, 2.05) is 47.2 Å². The molecule has 1 amide bonds. The molecule has 1 N–H and O–H groups in total. The normalized spacial score (nSPS) is 10.5. The lowest BCUT2D eigenvalue weighted by Crippen LogP contribution is -2.26. The van der Waals surface area contributed by atoms with Crippen molar-refractivity contribution in [2.75, 3.05) is 13.7 Å². The molecule has 2 aromatic heterocycles. The number of amides is 1. The molecule has 0 aliphatic heterocycles. The smallest absolute Gasteiger partial charge is 0.225 e. The highest BCUT2D eigenvalue weighted by Gasteiger charge is 2.07. The number of benzene rings is 1. The summed E-state index contributed by atoms with van der Waals surface area (Å²) in [6.07, 6.45) is 1.20. The van der Waals surface area contributed by atoms with Gasteiger partial charge in [-0.25, -0.2) is 4.98 Å². The van der Waals surface area contributed by atoms with Crippen LogP contribution < -0.4 is 10.1 Å². The molecular weight excluding hydrogens is 340 g/mol. The zero-order chi connectivity index (χ0) is 16.8. The van der Waals surface area contributed by atoms with Crippen LogP contribution in [-0.2, 0) is 17.6 Å². The van der Waals surface area contributed by atoms with Gasteiger partial charge in [0.1, 0.15) is 5.75 Å². The minimum Gasteiger partial charge on any atom is -0.497 e. The predicted octanol–water partition coefficient (Wildman–Crippen LogP) is 3.78. The van der Waals surface area contributed by atoms with Crippen LogP contribution in [0.2, 0.25) is 0 Å². The SMILES string of the molecule is COc1ccc(-c2csc(CCNC(=O)Cc3cccs3)n2)cc1. The number of nitrogens with one attached hydrogen (secondary N) is 1. The van der Waals surface area contributed by atoms with E-state index in [1.165, 1.54) is 0 Å². The third kappa shape index (κ3) is 4.43. The van der Waals surface area contributed by atoms with Crippen molar-refractivity contribution in [1.29, 1.82) is 0 Å². The average molecular weight is 358 g/mol. The molecule has 0 atom stereocenters. The van der Waals surface area contributed by atoms with Crippen LogP contribution in [0.25, 0.3) is 11.3 Å². The third-order valence-electron chi connectivity index (χ3n) is 3.51. The van der Waals surface area contributed by atoms with Gasteiger partial charge in [0.2, 0.25) is 5.91 Å². The van der Waals surface area contributed by atoms with Crippen LogP contribution in [0, 0.1) is 0 Å². The molecular formula is C18H18N2O2S2. The Morgan fingerprint density at radius 3 is 2.75 bits per heavy atom. The van der Waals surface area contributed by atoms with Crippen LogP contribution in [0.3, 0.4) is 0 Å². The number of thiophene rings is 1. The Morgan fingerprint density at radius 2 is 2.04 bits per heavy atom. The highest BCUT2D eigenvalue weighted by atomic mass is 32.1. The molecule has 6 heteroatoms. The lowest BCUT2D eigenvalue weighted by molar-refractivity contribution is -0.120. The number of rotatable bonds is 7. The summed E-state index contributed by atoms with van der Waals surface area (Å²) in [5, 5.41) is 8.01. The Balaban J connectivity index is 1.49. The monoisotopic (exact) mass is 358 g/mol. The summed E-state index contributed by atoms with van der Waals surface area (Å²) in [5.41, 5.74) is 2.03. The molecule has 0 radical (unpaired) electrons. The molecule has 4 nitrogen and oxygen atoms in total. The van der Waals surface area contributed by atoms with Crippen molar-refractivity contribution in [1.82, 2.24) is 10.3 Å². The lowest BCUT2D eigenvalue weighted by Gasteiger charge is -2.02. The molecule has 3 rings (SSSR count). The Hall–Kier alpha value is -2.18. The van der Waals surface area contributed by atoms with Crippen molar-refractivity contribution in [3.05, 3.63) is 57.0 Å². The molecule has 0 fully saturated rings. The first-order valence-electron chi connectivity index (χ1n) is 7.62. The highest BCUT2D eigenvalue weighted by molar-refractivity contribution is 7.10. The molecule has 0 aliphatic rings. The van der Waals surface area contributed by atoms with Crippen LogP contribution in [-0.4, -0.2) is 24.5 Å². The van der Waals surface area contributed by atoms with Crippen molar-refractivity contribution in [2.45, 2.75) is 12.8 Å². The molecule has 124 valence electrons. The Bertz CT molecular complexity index is 780. The number of hydrogen-bond acceptors (Lipinski definition) is 5. The fourth-order valence-corrected chi connectivity index (χ4v) is 3.77. The first-order chi connectivity index (χ1) is 11.7. The topological polar surface area (TPSA) is 51.2 Å². The minimum atomic E-state index is 0.0596. The quantitative estimate of drug-likeness (QED) is 0.699. The molecule has 24 heavy (non-hydrogen) atoms. The third-order valence-corrected chi connectivity index (χ3v) is 5.30. The van der Waals surface area contributed by atoms with Gasteiger partial charge in [-0.1, -0.05) is 6.07 Å². The first-order valence-corrected chi connectivity index (χ1v) is 9.38. The summed E-state index contributed by atoms with van der Waals surface area (Å²) in [7, 11) is 1.66. The maximum Gasteiger partial charge on any atom is 0.225 e. The predicted molar refractivity (Wildman–Crippen MR) is 98.8 cm³/mol. The van der Waals surface area contributed by atoms with E-state index in [0.717, 1.165) is 33.3 Å². The van der Waals surface area contributed by atoms with Crippen LogP contribution in [0.1, 0.15) is 9.88 Å². The van der Waals surface area contributed by atoms with Gasteiger partial charge in [0.05, 0.1) is 24.2 Å². The molecule has 2 heterocycles. The summed E-state index contributed by atoms with van der Waals surface area (Å²) in [5.74, 6) is 0.895. The summed E-state index contributed by atoms with van der Waals surface area (Å²) >= 11 is 3.22. The van der Waals surface area contributed by atoms with Crippen molar-refractivity contribution < 1.29 is 9.53 Å². The maximum absolute atomic E-state index is 11.9. The van der Waals surface area contributed by atoms with Crippen molar-refractivity contribution in [2.24, 2.45) is 0 Å². The lowest BCUT2D eigenvalue weighted by atomic mass is 10.2. The minimum absolute atomic E-state index is 0.0596. The van der Waals surface area contributed by atoms with E-state index in [4.69, 9.17) is 4.74 Å². The maximum atomic E-state index is 11.9. The van der Waals surface area contributed by atoms with Gasteiger partial charge in [0.25, 0.3) is 0 Å². The molecule has 0 aliphatic carbocycles. The van der Waals surface area contributed by atoms with Gasteiger partial charge in [-0.2, -0.15) is 0 Å². The van der Waals surface area contributed by atoms with Crippen LogP contribution in [0.15, 0.2) is 47.2 Å². The second-order valence-electron chi connectivity index (χ2n) is 5.21. The number of thiazole rings is 1. The Kier molecular flexibility index (Phi) is 5.61. The molecule has 0 saturated carbocycles. The molecule has 3 aromatic rings. The Labute approximate surface area is 149 Å². The van der Waals surface area contributed by atoms with E-state index in [0.29, 0.717) is 13.0 Å². The number of hydrogen-bond donors (Lipinski definition) is 1. The summed E-state index contributed by atoms with van der Waals surface area (Å²) in [4.78, 5) is 17.6. The van der Waals surface area contributed by atoms with Gasteiger partial charge in [-0.05, 0) is 35.7 Å². The van der Waals surface area contributed by atoms with Gasteiger partial charge in [0, 0.05) is 28.8 Å². The fourth-order valence-electron chi connectivity index (χ4n) is 2.26. The zero-order valence-electron chi connectivity index (χ0n) is 13.3. The number of aromatic nitrogens is 1. The van der Waals surface area contributed by atoms with Crippen molar-refractivity contribution in [3.8, 4) is 17.0 Å². The van der Waals surface area contributed by atoms with E-state index < -0.39 is 0 Å². The van der Waals surface area contributed by atoms with Crippen LogP contribution >= 0.6 is 22.7 Å². The van der Waals surface area contributed by atoms with Crippen molar-refractivity contribution in [3.63, 3.8) is 0 Å². The number of carbonyl (C=O) groups excluding carboxylic acids is 1. The highest BCUT2D eigenvalue weighted by Crippen LogP contribution is 2.24. The van der Waals surface area contributed by atoms with Crippen molar-refractivity contribution >= 4 is 28.6 Å². The Morgan fingerprint density at radius 1 is 1.21 bits per heavy atom. The fraction of sp³-hybridized carbons (Fsp3) is 0.222. The molecule has 0 spiro atoms. The summed E-state index contributed by atoms with van der Waals surface area (Å²) in [6, 6.07) is 11.8. The first kappa shape index (κ1) is 16.7. The zero-order valence-corrected chi connectivity index (χ0v) is 15.0. The largest absolute Gasteiger partial charge is 0.497 e. The number of carbonyl (C=O) groups is 1. The number of nitrogens with zero attached hydrogens (tertiary/aromatic N) is 1. The average Bonchev–Trinajstić information content (AvgIpc) is 3.27. The van der Waals surface area contributed by atoms with Crippen LogP contribution in [0.5, 0.6) is 5.75 Å². The van der Waals surface area contributed by atoms with Gasteiger partial charge in [-0.15, -0.1) is 22.7 Å². The van der Waals surface area contributed by atoms with Gasteiger partial charge in [-0.3, -0.25) is 4.79 Å². The second kappa shape index (κ2) is 8.08. The molecule has 0 unspecified atom stereocenters. The molecule has 0 bridgehead atoms. The van der Waals surface area contributed by atoms with Crippen LogP contribution in [0.4, 0.5) is 0 Å². The number of methoxy groups -OCH3 is 1. The van der Waals surface area contributed by atoms with Gasteiger partial charge >= 0.3 is 0 Å². The second-order valence-corrected chi connectivity index (χ2v) is 7.19. The van der Waals surface area contributed by atoms with E-state index >= 15 is 0 Å². The molecule has 0 saturated heterocycles. The summed E-state index contributed by atoms with van der Waals surface area (Å²) in [6.45, 7) is 0.611. The van der Waals surface area contributed by atoms with E-state index in [2.05, 4.69) is 10.3 Å². The number of ether oxygens (including phenoxy) is 1.